The van der Waals surface area contributed by atoms with Gasteiger partial charge in [-0.1, -0.05) is 29.8 Å². The Hall–Kier alpha value is -1.48. The average Bonchev–Trinajstić information content (AvgIpc) is 2.36. The smallest absolute Gasteiger partial charge is 0.411 e. The van der Waals surface area contributed by atoms with E-state index in [1.165, 1.54) is 5.56 Å². The van der Waals surface area contributed by atoms with Crippen molar-refractivity contribution in [3.8, 4) is 0 Å². The molecule has 0 radical (unpaired) electrons. The van der Waals surface area contributed by atoms with Crippen molar-refractivity contribution in [2.24, 2.45) is 0 Å². The first-order chi connectivity index (χ1) is 9.81. The molecule has 0 fully saturated rings. The second kappa shape index (κ2) is 6.10. The third kappa shape index (κ3) is 3.79. The van der Waals surface area contributed by atoms with Crippen molar-refractivity contribution in [3.63, 3.8) is 0 Å². The number of rotatable bonds is 1. The number of allylic oxidation sites excluding steroid dienone is 1. The molecule has 1 aliphatic rings. The highest BCUT2D eigenvalue weighted by atomic mass is 35.5. The second-order valence-electron chi connectivity index (χ2n) is 6.24. The lowest BCUT2D eigenvalue weighted by Gasteiger charge is -2.36. The normalized spacial score (nSPS) is 18.7. The van der Waals surface area contributed by atoms with Crippen LogP contribution < -0.4 is 0 Å². The van der Waals surface area contributed by atoms with E-state index in [4.69, 9.17) is 16.3 Å². The third-order valence-corrected chi connectivity index (χ3v) is 3.62. The first-order valence-corrected chi connectivity index (χ1v) is 7.60. The molecule has 0 aliphatic carbocycles. The van der Waals surface area contributed by atoms with Gasteiger partial charge in [-0.2, -0.15) is 0 Å². The van der Waals surface area contributed by atoms with Crippen molar-refractivity contribution in [2.45, 2.75) is 45.8 Å². The van der Waals surface area contributed by atoms with E-state index in [-0.39, 0.29) is 12.1 Å². The van der Waals surface area contributed by atoms with E-state index in [1.54, 1.807) is 4.90 Å². The van der Waals surface area contributed by atoms with E-state index in [2.05, 4.69) is 0 Å². The van der Waals surface area contributed by atoms with Crippen molar-refractivity contribution < 1.29 is 9.53 Å². The first-order valence-electron chi connectivity index (χ1n) is 7.22. The van der Waals surface area contributed by atoms with E-state index in [9.17, 15) is 4.79 Å². The molecule has 1 amide bonds. The zero-order chi connectivity index (χ0) is 15.6. The molecule has 0 saturated carbocycles. The highest BCUT2D eigenvalue weighted by Gasteiger charge is 2.32. The van der Waals surface area contributed by atoms with Crippen molar-refractivity contribution in [1.29, 1.82) is 0 Å². The van der Waals surface area contributed by atoms with Gasteiger partial charge < -0.3 is 4.74 Å². The minimum Gasteiger partial charge on any atom is -0.444 e. The fourth-order valence-corrected chi connectivity index (χ4v) is 2.74. The maximum Gasteiger partial charge on any atom is 0.411 e. The zero-order valence-corrected chi connectivity index (χ0v) is 13.8. The number of halogens is 1. The fraction of sp³-hybridized carbons (Fsp3) is 0.471. The summed E-state index contributed by atoms with van der Waals surface area (Å²) < 4.78 is 5.52. The summed E-state index contributed by atoms with van der Waals surface area (Å²) in [5.74, 6) is 0. The number of benzene rings is 1. The number of fused-ring (bicyclic) bond motifs is 1. The summed E-state index contributed by atoms with van der Waals surface area (Å²) in [4.78, 5) is 14.2. The molecule has 0 aromatic heterocycles. The summed E-state index contributed by atoms with van der Waals surface area (Å²) in [5, 5.41) is 0.735. The number of amides is 1. The lowest BCUT2D eigenvalue weighted by Crippen LogP contribution is -2.42. The van der Waals surface area contributed by atoms with E-state index in [0.717, 1.165) is 17.0 Å². The summed E-state index contributed by atoms with van der Waals surface area (Å²) in [6.45, 7) is 8.24. The van der Waals surface area contributed by atoms with Crippen LogP contribution >= 0.6 is 11.6 Å². The third-order valence-electron chi connectivity index (χ3n) is 3.38. The lowest BCUT2D eigenvalue weighted by molar-refractivity contribution is 0.0184. The van der Waals surface area contributed by atoms with Crippen LogP contribution in [0, 0.1) is 0 Å². The molecule has 114 valence electrons. The van der Waals surface area contributed by atoms with Gasteiger partial charge in [0.15, 0.2) is 0 Å². The number of nitrogens with zero attached hydrogens (tertiary/aromatic N) is 1. The Morgan fingerprint density at radius 3 is 2.76 bits per heavy atom. The Balaban J connectivity index is 2.32. The minimum absolute atomic E-state index is 0.0918. The molecule has 0 spiro atoms. The van der Waals surface area contributed by atoms with Gasteiger partial charge in [0.25, 0.3) is 0 Å². The standard InChI is InChI=1S/C17H22ClNO2/c1-5-6-15-14-8-7-13(18)11-12(14)9-10-19(15)16(20)21-17(2,3)4/h5-8,11,15H,9-10H2,1-4H3/b6-5+. The number of carbonyl (C=O) groups is 1. The van der Waals surface area contributed by atoms with E-state index >= 15 is 0 Å². The van der Waals surface area contributed by atoms with Gasteiger partial charge in [-0.25, -0.2) is 4.79 Å². The molecule has 0 saturated heterocycles. The van der Waals surface area contributed by atoms with Crippen molar-refractivity contribution >= 4 is 17.7 Å². The van der Waals surface area contributed by atoms with Crippen molar-refractivity contribution in [1.82, 2.24) is 4.90 Å². The number of hydrogen-bond donors (Lipinski definition) is 0. The topological polar surface area (TPSA) is 29.5 Å². The molecule has 3 nitrogen and oxygen atoms in total. The SMILES string of the molecule is C/C=C/C1c2ccc(Cl)cc2CCN1C(=O)OC(C)(C)C. The number of carbonyl (C=O) groups excluding carboxylic acids is 1. The molecule has 2 rings (SSSR count). The summed E-state index contributed by atoms with van der Waals surface area (Å²) in [6.07, 6.45) is 4.51. The molecule has 1 atom stereocenters. The largest absolute Gasteiger partial charge is 0.444 e. The maximum atomic E-state index is 12.4. The highest BCUT2D eigenvalue weighted by molar-refractivity contribution is 6.30. The summed E-state index contributed by atoms with van der Waals surface area (Å²) in [5.41, 5.74) is 1.83. The van der Waals surface area contributed by atoms with Crippen LogP contribution in [0.4, 0.5) is 4.79 Å². The van der Waals surface area contributed by atoms with Gasteiger partial charge in [0.2, 0.25) is 0 Å². The minimum atomic E-state index is -0.488. The molecule has 0 N–H and O–H groups in total. The van der Waals surface area contributed by atoms with Gasteiger partial charge in [-0.05, 0) is 57.4 Å². The Morgan fingerprint density at radius 1 is 1.43 bits per heavy atom. The molecule has 4 heteroatoms. The second-order valence-corrected chi connectivity index (χ2v) is 6.67. The van der Waals surface area contributed by atoms with Gasteiger partial charge in [-0.3, -0.25) is 4.90 Å². The van der Waals surface area contributed by atoms with Crippen LogP contribution in [0.25, 0.3) is 0 Å². The van der Waals surface area contributed by atoms with E-state index in [0.29, 0.717) is 6.54 Å². The highest BCUT2D eigenvalue weighted by Crippen LogP contribution is 2.33. The van der Waals surface area contributed by atoms with Crippen molar-refractivity contribution in [2.75, 3.05) is 6.54 Å². The van der Waals surface area contributed by atoms with Gasteiger partial charge in [0, 0.05) is 11.6 Å². The Bertz CT molecular complexity index is 560. The van der Waals surface area contributed by atoms with Crippen LogP contribution in [0.15, 0.2) is 30.4 Å². The predicted molar refractivity (Wildman–Crippen MR) is 85.7 cm³/mol. The number of ether oxygens (including phenoxy) is 1. The molecular formula is C17H22ClNO2. The molecule has 1 heterocycles. The molecule has 1 aromatic carbocycles. The van der Waals surface area contributed by atoms with Crippen molar-refractivity contribution in [3.05, 3.63) is 46.5 Å². The molecule has 1 aromatic rings. The Kier molecular flexibility index (Phi) is 4.62. The summed E-state index contributed by atoms with van der Waals surface area (Å²) in [6, 6.07) is 5.76. The van der Waals surface area contributed by atoms with Gasteiger partial charge >= 0.3 is 6.09 Å². The molecule has 1 unspecified atom stereocenters. The van der Waals surface area contributed by atoms with Crippen LogP contribution in [0.3, 0.4) is 0 Å². The van der Waals surface area contributed by atoms with Gasteiger partial charge in [-0.15, -0.1) is 0 Å². The van der Waals surface area contributed by atoms with Crippen LogP contribution in [-0.2, 0) is 11.2 Å². The molecular weight excluding hydrogens is 286 g/mol. The first kappa shape index (κ1) is 15.9. The maximum absolute atomic E-state index is 12.4. The predicted octanol–water partition coefficient (Wildman–Crippen LogP) is 4.75. The van der Waals surface area contributed by atoms with Gasteiger partial charge in [0.1, 0.15) is 5.60 Å². The summed E-state index contributed by atoms with van der Waals surface area (Å²) in [7, 11) is 0. The zero-order valence-electron chi connectivity index (χ0n) is 13.0. The fourth-order valence-electron chi connectivity index (χ4n) is 2.54. The van der Waals surface area contributed by atoms with Crippen LogP contribution in [-0.4, -0.2) is 23.1 Å². The van der Waals surface area contributed by atoms with Crippen LogP contribution in [0.2, 0.25) is 5.02 Å². The van der Waals surface area contributed by atoms with E-state index < -0.39 is 5.60 Å². The van der Waals surface area contributed by atoms with Crippen LogP contribution in [0.1, 0.15) is 44.9 Å². The Labute approximate surface area is 131 Å². The average molecular weight is 308 g/mol. The summed E-state index contributed by atoms with van der Waals surface area (Å²) >= 11 is 6.06. The Morgan fingerprint density at radius 2 is 2.14 bits per heavy atom. The number of hydrogen-bond acceptors (Lipinski definition) is 2. The lowest BCUT2D eigenvalue weighted by atomic mass is 9.92. The molecule has 21 heavy (non-hydrogen) atoms. The van der Waals surface area contributed by atoms with Crippen LogP contribution in [0.5, 0.6) is 0 Å². The molecule has 1 aliphatic heterocycles. The monoisotopic (exact) mass is 307 g/mol. The molecule has 0 bridgehead atoms. The quantitative estimate of drug-likeness (QED) is 0.701. The van der Waals surface area contributed by atoms with E-state index in [1.807, 2.05) is 58.0 Å². The van der Waals surface area contributed by atoms with Gasteiger partial charge in [0.05, 0.1) is 6.04 Å².